The molecule has 4 nitrogen and oxygen atoms in total. The Kier molecular flexibility index (Phi) is 4.82. The van der Waals surface area contributed by atoms with Crippen molar-refractivity contribution in [3.63, 3.8) is 0 Å². The van der Waals surface area contributed by atoms with Crippen molar-refractivity contribution in [3.05, 3.63) is 53.6 Å². The van der Waals surface area contributed by atoms with Gasteiger partial charge in [-0.25, -0.2) is 0 Å². The highest BCUT2D eigenvalue weighted by atomic mass is 32.2. The lowest BCUT2D eigenvalue weighted by Gasteiger charge is -2.34. The summed E-state index contributed by atoms with van der Waals surface area (Å²) in [6, 6.07) is 10.9. The summed E-state index contributed by atoms with van der Waals surface area (Å²) in [6.45, 7) is 0.298. The Morgan fingerprint density at radius 2 is 1.89 bits per heavy atom. The van der Waals surface area contributed by atoms with E-state index in [1.807, 2.05) is 18.2 Å². The summed E-state index contributed by atoms with van der Waals surface area (Å²) >= 11 is 1.43. The Morgan fingerprint density at radius 3 is 2.68 bits per heavy atom. The number of hydrogen-bond donors (Lipinski definition) is 0. The van der Waals surface area contributed by atoms with Crippen molar-refractivity contribution in [2.75, 3.05) is 28.6 Å². The van der Waals surface area contributed by atoms with E-state index in [4.69, 9.17) is 0 Å². The van der Waals surface area contributed by atoms with E-state index in [0.29, 0.717) is 36.3 Å². The van der Waals surface area contributed by atoms with Gasteiger partial charge in [0.2, 0.25) is 11.8 Å². The Balaban J connectivity index is 1.60. The molecule has 28 heavy (non-hydrogen) atoms. The Bertz CT molecular complexity index is 945. The van der Waals surface area contributed by atoms with Gasteiger partial charge < -0.3 is 9.80 Å². The molecule has 0 saturated heterocycles. The summed E-state index contributed by atoms with van der Waals surface area (Å²) in [4.78, 5) is 29.2. The quantitative estimate of drug-likeness (QED) is 0.753. The smallest absolute Gasteiger partial charge is 0.311 e. The molecule has 0 aromatic heterocycles. The maximum atomic E-state index is 13.0. The summed E-state index contributed by atoms with van der Waals surface area (Å²) in [5.41, 5.74) is 0.992. The number of carbonyl (C=O) groups excluding carboxylic acids is 2. The van der Waals surface area contributed by atoms with Gasteiger partial charge in [-0.3, -0.25) is 9.59 Å². The van der Waals surface area contributed by atoms with Crippen LogP contribution >= 0.6 is 11.8 Å². The number of alkyl halides is 3. The monoisotopic (exact) mass is 406 g/mol. The number of amides is 2. The first kappa shape index (κ1) is 18.9. The molecule has 2 aromatic carbocycles. The van der Waals surface area contributed by atoms with Gasteiger partial charge in [-0.2, -0.15) is 13.2 Å². The van der Waals surface area contributed by atoms with Crippen LogP contribution < -0.4 is 9.80 Å². The Labute approximate surface area is 164 Å². The first-order chi connectivity index (χ1) is 13.3. The van der Waals surface area contributed by atoms with E-state index in [1.165, 1.54) is 27.6 Å². The predicted molar refractivity (Wildman–Crippen MR) is 102 cm³/mol. The average Bonchev–Trinajstić information content (AvgIpc) is 2.68. The predicted octanol–water partition coefficient (Wildman–Crippen LogP) is 4.12. The molecular formula is C20H17F3N2O2S. The minimum absolute atomic E-state index is 0.128. The lowest BCUT2D eigenvalue weighted by atomic mass is 9.99. The third kappa shape index (κ3) is 3.48. The first-order valence-electron chi connectivity index (χ1n) is 8.87. The molecule has 0 fully saturated rings. The number of anilines is 2. The molecule has 146 valence electrons. The van der Waals surface area contributed by atoms with E-state index < -0.39 is 11.7 Å². The van der Waals surface area contributed by atoms with Gasteiger partial charge in [0.25, 0.3) is 0 Å². The number of benzene rings is 2. The minimum Gasteiger partial charge on any atom is -0.311 e. The van der Waals surface area contributed by atoms with Crippen molar-refractivity contribution in [1.29, 1.82) is 0 Å². The van der Waals surface area contributed by atoms with Crippen molar-refractivity contribution >= 4 is 35.0 Å². The molecule has 0 aliphatic carbocycles. The van der Waals surface area contributed by atoms with E-state index in [2.05, 4.69) is 0 Å². The molecule has 8 heteroatoms. The number of fused-ring (bicyclic) bond motifs is 2. The number of aryl methyl sites for hydroxylation is 1. The number of para-hydroxylation sites is 1. The number of nitrogens with zero attached hydrogens (tertiary/aromatic N) is 2. The van der Waals surface area contributed by atoms with Crippen molar-refractivity contribution in [2.45, 2.75) is 23.9 Å². The largest absolute Gasteiger partial charge is 0.416 e. The van der Waals surface area contributed by atoms with Gasteiger partial charge in [0, 0.05) is 17.1 Å². The molecule has 0 saturated carbocycles. The zero-order chi connectivity index (χ0) is 19.9. The summed E-state index contributed by atoms with van der Waals surface area (Å²) in [6.07, 6.45) is -3.34. The van der Waals surface area contributed by atoms with E-state index in [0.717, 1.165) is 17.0 Å². The molecule has 0 bridgehead atoms. The number of thioether (sulfide) groups is 1. The average molecular weight is 406 g/mol. The van der Waals surface area contributed by atoms with Gasteiger partial charge in [0.1, 0.15) is 6.54 Å². The summed E-state index contributed by atoms with van der Waals surface area (Å²) in [5, 5.41) is 0. The fourth-order valence-corrected chi connectivity index (χ4v) is 4.52. The molecule has 2 aliphatic rings. The third-order valence-electron chi connectivity index (χ3n) is 4.93. The van der Waals surface area contributed by atoms with E-state index in [1.54, 1.807) is 6.07 Å². The molecule has 0 radical (unpaired) electrons. The van der Waals surface area contributed by atoms with Gasteiger partial charge in [-0.15, -0.1) is 11.8 Å². The summed E-state index contributed by atoms with van der Waals surface area (Å²) in [7, 11) is 0. The highest BCUT2D eigenvalue weighted by Crippen LogP contribution is 2.37. The van der Waals surface area contributed by atoms with Crippen LogP contribution in [-0.4, -0.2) is 30.7 Å². The maximum absolute atomic E-state index is 13.0. The normalized spacial score (nSPS) is 16.6. The van der Waals surface area contributed by atoms with Gasteiger partial charge in [-0.05, 0) is 48.7 Å². The standard InChI is InChI=1S/C20H17F3N2O2S/c21-20(22,23)14-7-8-15-13(10-14)4-3-9-24(15)18(26)11-25-16-5-1-2-6-17(16)28-12-19(25)27/h1-2,5-8,10H,3-4,9,11-12H2. The molecule has 0 unspecified atom stereocenters. The first-order valence-corrected chi connectivity index (χ1v) is 9.86. The van der Waals surface area contributed by atoms with Gasteiger partial charge >= 0.3 is 6.18 Å². The van der Waals surface area contributed by atoms with Gasteiger partial charge in [0.15, 0.2) is 0 Å². The number of rotatable bonds is 2. The molecule has 4 rings (SSSR count). The van der Waals surface area contributed by atoms with E-state index >= 15 is 0 Å². The molecule has 0 N–H and O–H groups in total. The number of carbonyl (C=O) groups is 2. The fourth-order valence-electron chi connectivity index (χ4n) is 3.58. The van der Waals surface area contributed by atoms with E-state index in [-0.39, 0.29) is 24.1 Å². The Hall–Kier alpha value is -2.48. The zero-order valence-electron chi connectivity index (χ0n) is 14.8. The second-order valence-corrected chi connectivity index (χ2v) is 7.74. The highest BCUT2D eigenvalue weighted by molar-refractivity contribution is 8.00. The highest BCUT2D eigenvalue weighted by Gasteiger charge is 2.34. The SMILES string of the molecule is O=C(CN1C(=O)CSc2ccccc21)N1CCCc2cc(C(F)(F)F)ccc21. The number of hydrogen-bond acceptors (Lipinski definition) is 3. The van der Waals surface area contributed by atoms with Crippen molar-refractivity contribution < 1.29 is 22.8 Å². The van der Waals surface area contributed by atoms with Crippen molar-refractivity contribution in [2.24, 2.45) is 0 Å². The van der Waals surface area contributed by atoms with Crippen LogP contribution in [0, 0.1) is 0 Å². The van der Waals surface area contributed by atoms with Crippen LogP contribution in [0.25, 0.3) is 0 Å². The van der Waals surface area contributed by atoms with Crippen LogP contribution in [0.2, 0.25) is 0 Å². The number of halogens is 3. The van der Waals surface area contributed by atoms with Crippen LogP contribution in [0.4, 0.5) is 24.5 Å². The molecule has 2 amide bonds. The summed E-state index contributed by atoms with van der Waals surface area (Å²) in [5.74, 6) is -0.187. The van der Waals surface area contributed by atoms with Crippen LogP contribution in [0.1, 0.15) is 17.5 Å². The van der Waals surface area contributed by atoms with Gasteiger partial charge in [-0.1, -0.05) is 12.1 Å². The lowest BCUT2D eigenvalue weighted by Crippen LogP contribution is -2.46. The summed E-state index contributed by atoms with van der Waals surface area (Å²) < 4.78 is 38.9. The van der Waals surface area contributed by atoms with Crippen LogP contribution in [0.15, 0.2) is 47.4 Å². The molecule has 2 aliphatic heterocycles. The molecule has 0 atom stereocenters. The molecular weight excluding hydrogens is 389 g/mol. The van der Waals surface area contributed by atoms with Crippen LogP contribution in [-0.2, 0) is 22.2 Å². The topological polar surface area (TPSA) is 40.6 Å². The Morgan fingerprint density at radius 1 is 1.11 bits per heavy atom. The fraction of sp³-hybridized carbons (Fsp3) is 0.300. The van der Waals surface area contributed by atoms with Crippen molar-refractivity contribution in [1.82, 2.24) is 0 Å². The lowest BCUT2D eigenvalue weighted by molar-refractivity contribution is -0.137. The molecule has 2 aromatic rings. The maximum Gasteiger partial charge on any atom is 0.416 e. The molecule has 0 spiro atoms. The van der Waals surface area contributed by atoms with Crippen molar-refractivity contribution in [3.8, 4) is 0 Å². The van der Waals surface area contributed by atoms with E-state index in [9.17, 15) is 22.8 Å². The molecule has 2 heterocycles. The van der Waals surface area contributed by atoms with Gasteiger partial charge in [0.05, 0.1) is 17.0 Å². The third-order valence-corrected chi connectivity index (χ3v) is 5.98. The second kappa shape index (κ2) is 7.16. The minimum atomic E-state index is -4.41. The van der Waals surface area contributed by atoms with Crippen LogP contribution in [0.3, 0.4) is 0 Å². The van der Waals surface area contributed by atoms with Crippen LogP contribution in [0.5, 0.6) is 0 Å². The zero-order valence-corrected chi connectivity index (χ0v) is 15.6. The second-order valence-electron chi connectivity index (χ2n) is 6.73.